The SMILES string of the molecule is Cc1ccc(/C=C/C(=O)N2CCC(N)C2)cc1Cl. The third kappa shape index (κ3) is 3.12. The predicted octanol–water partition coefficient (Wildman–Crippen LogP) is 2.22. The van der Waals surface area contributed by atoms with Crippen LogP contribution < -0.4 is 5.73 Å². The van der Waals surface area contributed by atoms with Crippen molar-refractivity contribution < 1.29 is 4.79 Å². The van der Waals surface area contributed by atoms with Crippen molar-refractivity contribution in [1.29, 1.82) is 0 Å². The van der Waals surface area contributed by atoms with Crippen LogP contribution in [0, 0.1) is 6.92 Å². The number of carbonyl (C=O) groups is 1. The van der Waals surface area contributed by atoms with Crippen molar-refractivity contribution in [1.82, 2.24) is 4.90 Å². The standard InChI is InChI=1S/C14H17ClN2O/c1-10-2-3-11(8-13(10)15)4-5-14(18)17-7-6-12(16)9-17/h2-5,8,12H,6-7,9,16H2,1H3/b5-4+. The van der Waals surface area contributed by atoms with Crippen LogP contribution in [-0.2, 0) is 4.79 Å². The van der Waals surface area contributed by atoms with E-state index in [4.69, 9.17) is 17.3 Å². The second-order valence-electron chi connectivity index (χ2n) is 4.67. The lowest BCUT2D eigenvalue weighted by Gasteiger charge is -2.12. The van der Waals surface area contributed by atoms with Gasteiger partial charge >= 0.3 is 0 Å². The molecule has 4 heteroatoms. The van der Waals surface area contributed by atoms with Gasteiger partial charge < -0.3 is 10.6 Å². The maximum Gasteiger partial charge on any atom is 0.246 e. The number of aryl methyl sites for hydroxylation is 1. The molecule has 1 atom stereocenters. The lowest BCUT2D eigenvalue weighted by atomic mass is 10.1. The molecule has 1 heterocycles. The van der Waals surface area contributed by atoms with Crippen molar-refractivity contribution in [2.75, 3.05) is 13.1 Å². The summed E-state index contributed by atoms with van der Waals surface area (Å²) >= 11 is 6.03. The maximum absolute atomic E-state index is 11.9. The summed E-state index contributed by atoms with van der Waals surface area (Å²) in [7, 11) is 0. The molecule has 0 spiro atoms. The van der Waals surface area contributed by atoms with Gasteiger partial charge in [0.1, 0.15) is 0 Å². The normalized spacial score (nSPS) is 19.7. The fourth-order valence-corrected chi connectivity index (χ4v) is 2.16. The quantitative estimate of drug-likeness (QED) is 0.833. The smallest absolute Gasteiger partial charge is 0.246 e. The molecule has 0 radical (unpaired) electrons. The first-order valence-electron chi connectivity index (χ1n) is 6.05. The van der Waals surface area contributed by atoms with Gasteiger partial charge in [0, 0.05) is 30.2 Å². The Hall–Kier alpha value is -1.32. The van der Waals surface area contributed by atoms with E-state index in [1.165, 1.54) is 0 Å². The minimum atomic E-state index is 0.0136. The first-order valence-corrected chi connectivity index (χ1v) is 6.43. The zero-order valence-electron chi connectivity index (χ0n) is 10.4. The molecule has 0 aliphatic carbocycles. The third-order valence-electron chi connectivity index (χ3n) is 3.15. The molecule has 1 amide bonds. The molecule has 3 nitrogen and oxygen atoms in total. The van der Waals surface area contributed by atoms with Gasteiger partial charge in [0.2, 0.25) is 5.91 Å². The Labute approximate surface area is 112 Å². The van der Waals surface area contributed by atoms with Crippen LogP contribution in [0.1, 0.15) is 17.5 Å². The molecule has 0 aromatic heterocycles. The van der Waals surface area contributed by atoms with Crippen LogP contribution in [0.5, 0.6) is 0 Å². The molecule has 96 valence electrons. The average molecular weight is 265 g/mol. The number of likely N-dealkylation sites (tertiary alicyclic amines) is 1. The molecule has 1 aliphatic rings. The predicted molar refractivity (Wildman–Crippen MR) is 74.4 cm³/mol. The summed E-state index contributed by atoms with van der Waals surface area (Å²) in [6.45, 7) is 3.35. The van der Waals surface area contributed by atoms with Crippen LogP contribution in [0.4, 0.5) is 0 Å². The van der Waals surface area contributed by atoms with Crippen molar-refractivity contribution in [2.45, 2.75) is 19.4 Å². The van der Waals surface area contributed by atoms with Gasteiger partial charge in [0.05, 0.1) is 0 Å². The Balaban J connectivity index is 2.02. The summed E-state index contributed by atoms with van der Waals surface area (Å²) in [4.78, 5) is 13.6. The van der Waals surface area contributed by atoms with Gasteiger partial charge in [-0.15, -0.1) is 0 Å². The van der Waals surface area contributed by atoms with E-state index >= 15 is 0 Å². The fraction of sp³-hybridized carbons (Fsp3) is 0.357. The van der Waals surface area contributed by atoms with Crippen LogP contribution in [0.25, 0.3) is 6.08 Å². The first kappa shape index (κ1) is 13.1. The second kappa shape index (κ2) is 5.55. The van der Waals surface area contributed by atoms with Crippen molar-refractivity contribution in [2.24, 2.45) is 5.73 Å². The summed E-state index contributed by atoms with van der Waals surface area (Å²) in [6.07, 6.45) is 4.26. The van der Waals surface area contributed by atoms with Gasteiger partial charge in [-0.1, -0.05) is 23.7 Å². The van der Waals surface area contributed by atoms with Gasteiger partial charge in [0.15, 0.2) is 0 Å². The molecule has 1 aliphatic heterocycles. The number of hydrogen-bond acceptors (Lipinski definition) is 2. The van der Waals surface area contributed by atoms with E-state index in [0.717, 1.165) is 24.1 Å². The number of carbonyl (C=O) groups excluding carboxylic acids is 1. The van der Waals surface area contributed by atoms with E-state index < -0.39 is 0 Å². The molecular weight excluding hydrogens is 248 g/mol. The Kier molecular flexibility index (Phi) is 4.04. The molecule has 1 aromatic rings. The number of hydrogen-bond donors (Lipinski definition) is 1. The maximum atomic E-state index is 11.9. The summed E-state index contributed by atoms with van der Waals surface area (Å²) in [5.74, 6) is 0.0136. The van der Waals surface area contributed by atoms with Crippen molar-refractivity contribution in [3.63, 3.8) is 0 Å². The Bertz CT molecular complexity index is 485. The Morgan fingerprint density at radius 1 is 1.56 bits per heavy atom. The van der Waals surface area contributed by atoms with Crippen LogP contribution in [-0.4, -0.2) is 29.9 Å². The van der Waals surface area contributed by atoms with Crippen molar-refractivity contribution >= 4 is 23.6 Å². The Morgan fingerprint density at radius 3 is 2.94 bits per heavy atom. The Morgan fingerprint density at radius 2 is 2.33 bits per heavy atom. The lowest BCUT2D eigenvalue weighted by molar-refractivity contribution is -0.124. The number of nitrogens with two attached hydrogens (primary N) is 1. The highest BCUT2D eigenvalue weighted by atomic mass is 35.5. The molecule has 0 saturated carbocycles. The lowest BCUT2D eigenvalue weighted by Crippen LogP contribution is -2.30. The summed E-state index contributed by atoms with van der Waals surface area (Å²) < 4.78 is 0. The minimum absolute atomic E-state index is 0.0136. The number of halogens is 1. The van der Waals surface area contributed by atoms with E-state index in [0.29, 0.717) is 11.6 Å². The van der Waals surface area contributed by atoms with Crippen LogP contribution >= 0.6 is 11.6 Å². The topological polar surface area (TPSA) is 46.3 Å². The number of nitrogens with zero attached hydrogens (tertiary/aromatic N) is 1. The molecule has 1 fully saturated rings. The molecular formula is C14H17ClN2O. The number of amides is 1. The molecule has 0 bridgehead atoms. The minimum Gasteiger partial charge on any atom is -0.338 e. The largest absolute Gasteiger partial charge is 0.338 e. The van der Waals surface area contributed by atoms with E-state index in [1.54, 1.807) is 17.1 Å². The number of benzene rings is 1. The van der Waals surface area contributed by atoms with Crippen LogP contribution in [0.2, 0.25) is 5.02 Å². The fourth-order valence-electron chi connectivity index (χ4n) is 1.97. The average Bonchev–Trinajstić information content (AvgIpc) is 2.77. The van der Waals surface area contributed by atoms with Gasteiger partial charge in [-0.25, -0.2) is 0 Å². The van der Waals surface area contributed by atoms with E-state index in [-0.39, 0.29) is 11.9 Å². The molecule has 1 unspecified atom stereocenters. The summed E-state index contributed by atoms with van der Waals surface area (Å²) in [6, 6.07) is 5.87. The van der Waals surface area contributed by atoms with Crippen molar-refractivity contribution in [3.8, 4) is 0 Å². The number of rotatable bonds is 2. The molecule has 2 N–H and O–H groups in total. The monoisotopic (exact) mass is 264 g/mol. The van der Waals surface area contributed by atoms with Gasteiger partial charge in [0.25, 0.3) is 0 Å². The third-order valence-corrected chi connectivity index (χ3v) is 3.56. The van der Waals surface area contributed by atoms with Crippen molar-refractivity contribution in [3.05, 3.63) is 40.4 Å². The van der Waals surface area contributed by atoms with Crippen LogP contribution in [0.3, 0.4) is 0 Å². The molecule has 1 aromatic carbocycles. The van der Waals surface area contributed by atoms with Gasteiger partial charge in [-0.3, -0.25) is 4.79 Å². The molecule has 18 heavy (non-hydrogen) atoms. The van der Waals surface area contributed by atoms with E-state index in [9.17, 15) is 4.79 Å². The summed E-state index contributed by atoms with van der Waals surface area (Å²) in [5, 5.41) is 0.716. The highest BCUT2D eigenvalue weighted by Crippen LogP contribution is 2.17. The van der Waals surface area contributed by atoms with E-state index in [2.05, 4.69) is 0 Å². The highest BCUT2D eigenvalue weighted by molar-refractivity contribution is 6.31. The van der Waals surface area contributed by atoms with E-state index in [1.807, 2.05) is 25.1 Å². The highest BCUT2D eigenvalue weighted by Gasteiger charge is 2.21. The van der Waals surface area contributed by atoms with Crippen LogP contribution in [0.15, 0.2) is 24.3 Å². The molecule has 2 rings (SSSR count). The zero-order valence-corrected chi connectivity index (χ0v) is 11.2. The van der Waals surface area contributed by atoms with Gasteiger partial charge in [-0.05, 0) is 36.6 Å². The zero-order chi connectivity index (χ0) is 13.1. The first-order chi connectivity index (χ1) is 8.56. The molecule has 1 saturated heterocycles. The van der Waals surface area contributed by atoms with Gasteiger partial charge in [-0.2, -0.15) is 0 Å². The summed E-state index contributed by atoms with van der Waals surface area (Å²) in [5.41, 5.74) is 7.74. The second-order valence-corrected chi connectivity index (χ2v) is 5.08.